The van der Waals surface area contributed by atoms with Crippen LogP contribution in [0.25, 0.3) is 0 Å². The molecule has 2 rings (SSSR count). The number of anilines is 1. The average molecular weight is 291 g/mol. The van der Waals surface area contributed by atoms with Gasteiger partial charge in [-0.25, -0.2) is 0 Å². The predicted octanol–water partition coefficient (Wildman–Crippen LogP) is 3.69. The van der Waals surface area contributed by atoms with Gasteiger partial charge in [-0.1, -0.05) is 11.6 Å². The molecular weight excluding hydrogens is 277 g/mol. The summed E-state index contributed by atoms with van der Waals surface area (Å²) < 4.78 is 6.53. The third-order valence-corrected chi connectivity index (χ3v) is 3.57. The van der Waals surface area contributed by atoms with Gasteiger partial charge in [-0.05, 0) is 47.5 Å². The number of benzene rings is 1. The van der Waals surface area contributed by atoms with Crippen molar-refractivity contribution in [3.8, 4) is 0 Å². The zero-order chi connectivity index (χ0) is 10.8. The Hall–Kier alpha value is -0.250. The molecule has 2 atom stereocenters. The lowest BCUT2D eigenvalue weighted by molar-refractivity contribution is 0.121. The summed E-state index contributed by atoms with van der Waals surface area (Å²) in [5.74, 6) is 0. The first-order valence-corrected chi connectivity index (χ1v) is 6.17. The molecule has 0 aromatic heterocycles. The molecule has 4 heteroatoms. The number of rotatable bonds is 2. The average Bonchev–Trinajstić information content (AvgIpc) is 2.58. The summed E-state index contributed by atoms with van der Waals surface area (Å²) in [6.07, 6.45) is 1.30. The lowest BCUT2D eigenvalue weighted by Crippen LogP contribution is -2.26. The van der Waals surface area contributed by atoms with Crippen LogP contribution in [0.3, 0.4) is 0 Å². The molecule has 0 saturated carbocycles. The van der Waals surface area contributed by atoms with Crippen LogP contribution in [0.5, 0.6) is 0 Å². The zero-order valence-corrected chi connectivity index (χ0v) is 10.8. The molecule has 0 radical (unpaired) electrons. The second kappa shape index (κ2) is 4.73. The summed E-state index contributed by atoms with van der Waals surface area (Å²) in [4.78, 5) is 0. The van der Waals surface area contributed by atoms with Gasteiger partial charge in [-0.15, -0.1) is 0 Å². The highest BCUT2D eigenvalue weighted by Gasteiger charge is 2.24. The summed E-state index contributed by atoms with van der Waals surface area (Å²) >= 11 is 9.44. The van der Waals surface area contributed by atoms with E-state index in [1.165, 1.54) is 0 Å². The van der Waals surface area contributed by atoms with Crippen molar-refractivity contribution in [1.29, 1.82) is 0 Å². The Morgan fingerprint density at radius 2 is 2.33 bits per heavy atom. The number of ether oxygens (including phenoxy) is 1. The Bertz CT molecular complexity index is 358. The summed E-state index contributed by atoms with van der Waals surface area (Å²) in [7, 11) is 0. The van der Waals surface area contributed by atoms with Crippen LogP contribution in [0.1, 0.15) is 13.3 Å². The Balaban J connectivity index is 2.12. The SMILES string of the molecule is CC1OCCC1Nc1cc(Cl)ccc1Br. The molecule has 15 heavy (non-hydrogen) atoms. The van der Waals surface area contributed by atoms with Crippen molar-refractivity contribution in [3.63, 3.8) is 0 Å². The molecule has 0 spiro atoms. The highest BCUT2D eigenvalue weighted by Crippen LogP contribution is 2.28. The van der Waals surface area contributed by atoms with Crippen molar-refractivity contribution in [1.82, 2.24) is 0 Å². The molecular formula is C11H13BrClNO. The van der Waals surface area contributed by atoms with E-state index in [1.54, 1.807) is 0 Å². The van der Waals surface area contributed by atoms with Crippen LogP contribution in [0.4, 0.5) is 5.69 Å². The first-order chi connectivity index (χ1) is 7.16. The summed E-state index contributed by atoms with van der Waals surface area (Å²) in [6, 6.07) is 6.12. The van der Waals surface area contributed by atoms with Crippen LogP contribution < -0.4 is 5.32 Å². The number of nitrogens with one attached hydrogen (secondary N) is 1. The summed E-state index contributed by atoms with van der Waals surface area (Å²) in [6.45, 7) is 2.92. The van der Waals surface area contributed by atoms with E-state index in [0.29, 0.717) is 6.04 Å². The van der Waals surface area contributed by atoms with Crippen LogP contribution in [-0.4, -0.2) is 18.8 Å². The summed E-state index contributed by atoms with van der Waals surface area (Å²) in [5.41, 5.74) is 1.03. The van der Waals surface area contributed by atoms with Gasteiger partial charge in [-0.3, -0.25) is 0 Å². The van der Waals surface area contributed by atoms with Crippen LogP contribution >= 0.6 is 27.5 Å². The van der Waals surface area contributed by atoms with Crippen LogP contribution in [0.15, 0.2) is 22.7 Å². The molecule has 1 aliphatic rings. The minimum absolute atomic E-state index is 0.260. The second-order valence-corrected chi connectivity index (χ2v) is 5.03. The van der Waals surface area contributed by atoms with Crippen LogP contribution in [-0.2, 0) is 4.74 Å². The third kappa shape index (κ3) is 2.65. The maximum atomic E-state index is 5.95. The minimum Gasteiger partial charge on any atom is -0.379 e. The van der Waals surface area contributed by atoms with Crippen molar-refractivity contribution < 1.29 is 4.74 Å². The van der Waals surface area contributed by atoms with Gasteiger partial charge in [0.2, 0.25) is 0 Å². The smallest absolute Gasteiger partial charge is 0.0748 e. The lowest BCUT2D eigenvalue weighted by Gasteiger charge is -2.18. The molecule has 1 saturated heterocycles. The maximum absolute atomic E-state index is 5.95. The molecule has 2 unspecified atom stereocenters. The van der Waals surface area contributed by atoms with Gasteiger partial charge in [-0.2, -0.15) is 0 Å². The third-order valence-electron chi connectivity index (χ3n) is 2.65. The molecule has 0 aliphatic carbocycles. The van der Waals surface area contributed by atoms with Crippen molar-refractivity contribution >= 4 is 33.2 Å². The monoisotopic (exact) mass is 289 g/mol. The molecule has 1 aliphatic heterocycles. The fourth-order valence-corrected chi connectivity index (χ4v) is 2.26. The molecule has 2 nitrogen and oxygen atoms in total. The van der Waals surface area contributed by atoms with E-state index in [0.717, 1.165) is 28.2 Å². The Kier molecular flexibility index (Phi) is 3.54. The first kappa shape index (κ1) is 11.2. The Morgan fingerprint density at radius 1 is 1.53 bits per heavy atom. The second-order valence-electron chi connectivity index (χ2n) is 3.74. The molecule has 0 amide bonds. The van der Waals surface area contributed by atoms with Gasteiger partial charge >= 0.3 is 0 Å². The minimum atomic E-state index is 0.260. The van der Waals surface area contributed by atoms with Crippen molar-refractivity contribution in [3.05, 3.63) is 27.7 Å². The standard InChI is InChI=1S/C11H13BrClNO/c1-7-10(4-5-15-7)14-11-6-8(13)2-3-9(11)12/h2-3,6-7,10,14H,4-5H2,1H3. The summed E-state index contributed by atoms with van der Waals surface area (Å²) in [5, 5.41) is 4.19. The van der Waals surface area contributed by atoms with Gasteiger partial charge in [0.05, 0.1) is 17.8 Å². The molecule has 0 bridgehead atoms. The van der Waals surface area contributed by atoms with E-state index in [2.05, 4.69) is 28.2 Å². The van der Waals surface area contributed by atoms with E-state index in [-0.39, 0.29) is 6.10 Å². The normalized spacial score (nSPS) is 25.5. The number of hydrogen-bond donors (Lipinski definition) is 1. The quantitative estimate of drug-likeness (QED) is 0.897. The van der Waals surface area contributed by atoms with Gasteiger partial charge < -0.3 is 10.1 Å². The zero-order valence-electron chi connectivity index (χ0n) is 8.47. The van der Waals surface area contributed by atoms with Gasteiger partial charge in [0, 0.05) is 16.1 Å². The van der Waals surface area contributed by atoms with Crippen molar-refractivity contribution in [2.75, 3.05) is 11.9 Å². The molecule has 1 heterocycles. The van der Waals surface area contributed by atoms with E-state index in [9.17, 15) is 0 Å². The maximum Gasteiger partial charge on any atom is 0.0748 e. The van der Waals surface area contributed by atoms with Crippen molar-refractivity contribution in [2.45, 2.75) is 25.5 Å². The number of halogens is 2. The van der Waals surface area contributed by atoms with Gasteiger partial charge in [0.1, 0.15) is 0 Å². The highest BCUT2D eigenvalue weighted by atomic mass is 79.9. The van der Waals surface area contributed by atoms with E-state index >= 15 is 0 Å². The highest BCUT2D eigenvalue weighted by molar-refractivity contribution is 9.10. The van der Waals surface area contributed by atoms with E-state index < -0.39 is 0 Å². The topological polar surface area (TPSA) is 21.3 Å². The van der Waals surface area contributed by atoms with Crippen LogP contribution in [0.2, 0.25) is 5.02 Å². The Labute approximate surface area is 103 Å². The van der Waals surface area contributed by atoms with E-state index in [1.807, 2.05) is 18.2 Å². The number of hydrogen-bond acceptors (Lipinski definition) is 2. The predicted molar refractivity (Wildman–Crippen MR) is 66.6 cm³/mol. The fraction of sp³-hybridized carbons (Fsp3) is 0.455. The van der Waals surface area contributed by atoms with Crippen LogP contribution in [0, 0.1) is 0 Å². The largest absolute Gasteiger partial charge is 0.379 e. The molecule has 1 fully saturated rings. The lowest BCUT2D eigenvalue weighted by atomic mass is 10.1. The van der Waals surface area contributed by atoms with E-state index in [4.69, 9.17) is 16.3 Å². The molecule has 82 valence electrons. The Morgan fingerprint density at radius 3 is 3.00 bits per heavy atom. The van der Waals surface area contributed by atoms with Gasteiger partial charge in [0.25, 0.3) is 0 Å². The first-order valence-electron chi connectivity index (χ1n) is 5.00. The van der Waals surface area contributed by atoms with Gasteiger partial charge in [0.15, 0.2) is 0 Å². The fourth-order valence-electron chi connectivity index (χ4n) is 1.73. The van der Waals surface area contributed by atoms with Crippen molar-refractivity contribution in [2.24, 2.45) is 0 Å². The molecule has 1 N–H and O–H groups in total. The molecule has 1 aromatic carbocycles. The molecule has 1 aromatic rings.